The van der Waals surface area contributed by atoms with E-state index in [-0.39, 0.29) is 27.7 Å². The molecule has 0 aliphatic carbocycles. The Morgan fingerprint density at radius 2 is 1.85 bits per heavy atom. The Hall–Kier alpha value is -0.770. The highest BCUT2D eigenvalue weighted by atomic mass is 35.5. The molecule has 1 aromatic rings. The Morgan fingerprint density at radius 1 is 1.23 bits per heavy atom. The monoisotopic (exact) mass is 426 g/mol. The Morgan fingerprint density at radius 3 is 2.46 bits per heavy atom. The summed E-state index contributed by atoms with van der Waals surface area (Å²) in [4.78, 5) is -0.0000760. The summed E-state index contributed by atoms with van der Waals surface area (Å²) in [5, 5.41) is 3.40. The molecule has 1 fully saturated rings. The van der Waals surface area contributed by atoms with Crippen LogP contribution in [-0.4, -0.2) is 55.0 Å². The third-order valence-corrected chi connectivity index (χ3v) is 6.50. The average Bonchev–Trinajstić information content (AvgIpc) is 2.61. The Kier molecular flexibility index (Phi) is 7.41. The first kappa shape index (κ1) is 21.5. The molecule has 0 radical (unpaired) electrons. The highest BCUT2D eigenvalue weighted by Crippen LogP contribution is 2.37. The number of nitrogens with one attached hydrogen (secondary N) is 2. The number of hydrogen-bond acceptors (Lipinski definition) is 6. The minimum absolute atomic E-state index is 0. The molecular formula is C16H24Cl2N2O5S. The Labute approximate surface area is 165 Å². The lowest BCUT2D eigenvalue weighted by atomic mass is 9.80. The van der Waals surface area contributed by atoms with Gasteiger partial charge in [0.05, 0.1) is 11.6 Å². The van der Waals surface area contributed by atoms with Gasteiger partial charge in [0, 0.05) is 31.2 Å². The van der Waals surface area contributed by atoms with Crippen LogP contribution in [-0.2, 0) is 14.8 Å². The number of sulfonamides is 1. The van der Waals surface area contributed by atoms with Gasteiger partial charge in [-0.05, 0) is 25.9 Å². The third-order valence-electron chi connectivity index (χ3n) is 4.64. The topological polar surface area (TPSA) is 85.9 Å². The van der Waals surface area contributed by atoms with Crippen LogP contribution in [0.5, 0.6) is 11.5 Å². The molecule has 0 saturated carbocycles. The normalized spacial score (nSPS) is 18.8. The minimum atomic E-state index is -3.77. The van der Waals surface area contributed by atoms with Gasteiger partial charge in [0.25, 0.3) is 0 Å². The first-order valence-corrected chi connectivity index (χ1v) is 10.1. The van der Waals surface area contributed by atoms with Crippen molar-refractivity contribution in [2.75, 3.05) is 46.6 Å². The number of fused-ring (bicyclic) bond motifs is 1. The lowest BCUT2D eigenvalue weighted by molar-refractivity contribution is 0.0577. The summed E-state index contributed by atoms with van der Waals surface area (Å²) in [6.07, 6.45) is 1.69. The predicted molar refractivity (Wildman–Crippen MR) is 101 cm³/mol. The summed E-state index contributed by atoms with van der Waals surface area (Å²) in [7, 11) is -2.14. The standard InChI is InChI=1S/C16H23ClN2O5S.ClH/c1-22-11-16(2-4-18-5-3-16)10-19-25(20,21)15-9-14-13(8-12(15)17)23-6-7-24-14;/h8-9,18-19H,2-7,10-11H2,1H3;1H. The maximum atomic E-state index is 12.8. The van der Waals surface area contributed by atoms with Crippen LogP contribution in [0.25, 0.3) is 0 Å². The summed E-state index contributed by atoms with van der Waals surface area (Å²) in [6.45, 7) is 3.29. The van der Waals surface area contributed by atoms with E-state index >= 15 is 0 Å². The zero-order valence-electron chi connectivity index (χ0n) is 14.5. The molecule has 0 unspecified atom stereocenters. The largest absolute Gasteiger partial charge is 0.486 e. The summed E-state index contributed by atoms with van der Waals surface area (Å²) >= 11 is 6.17. The van der Waals surface area contributed by atoms with E-state index in [1.165, 1.54) is 12.1 Å². The fraction of sp³-hybridized carbons (Fsp3) is 0.625. The highest BCUT2D eigenvalue weighted by molar-refractivity contribution is 7.89. The summed E-state index contributed by atoms with van der Waals surface area (Å²) in [6, 6.07) is 2.91. The quantitative estimate of drug-likeness (QED) is 0.721. The number of ether oxygens (including phenoxy) is 3. The highest BCUT2D eigenvalue weighted by Gasteiger charge is 2.34. The van der Waals surface area contributed by atoms with E-state index in [0.29, 0.717) is 37.9 Å². The fourth-order valence-corrected chi connectivity index (χ4v) is 4.90. The van der Waals surface area contributed by atoms with Crippen molar-refractivity contribution in [2.24, 2.45) is 5.41 Å². The molecule has 0 aromatic heterocycles. The third kappa shape index (κ3) is 4.74. The van der Waals surface area contributed by atoms with E-state index in [4.69, 9.17) is 25.8 Å². The van der Waals surface area contributed by atoms with Gasteiger partial charge in [0.2, 0.25) is 10.0 Å². The van der Waals surface area contributed by atoms with Gasteiger partial charge in [-0.3, -0.25) is 0 Å². The summed E-state index contributed by atoms with van der Waals surface area (Å²) in [5.74, 6) is 0.855. The molecule has 2 heterocycles. The molecule has 2 N–H and O–H groups in total. The van der Waals surface area contributed by atoms with Crippen LogP contribution in [0.2, 0.25) is 5.02 Å². The lowest BCUT2D eigenvalue weighted by Crippen LogP contribution is -2.47. The van der Waals surface area contributed by atoms with Gasteiger partial charge in [-0.15, -0.1) is 12.4 Å². The first-order valence-electron chi connectivity index (χ1n) is 8.24. The minimum Gasteiger partial charge on any atom is -0.486 e. The molecule has 10 heteroatoms. The van der Waals surface area contributed by atoms with Crippen LogP contribution >= 0.6 is 24.0 Å². The molecule has 1 aromatic carbocycles. The predicted octanol–water partition coefficient (Wildman–Crippen LogP) is 1.83. The molecule has 2 aliphatic rings. The summed E-state index contributed by atoms with van der Waals surface area (Å²) < 4.78 is 44.5. The molecule has 3 rings (SSSR count). The van der Waals surface area contributed by atoms with Crippen molar-refractivity contribution < 1.29 is 22.6 Å². The van der Waals surface area contributed by atoms with Crippen LogP contribution in [0.1, 0.15) is 12.8 Å². The van der Waals surface area contributed by atoms with Crippen molar-refractivity contribution in [3.63, 3.8) is 0 Å². The van der Waals surface area contributed by atoms with Gasteiger partial charge in [-0.25, -0.2) is 13.1 Å². The van der Waals surface area contributed by atoms with Crippen LogP contribution < -0.4 is 19.5 Å². The fourth-order valence-electron chi connectivity index (χ4n) is 3.21. The second-order valence-electron chi connectivity index (χ2n) is 6.43. The van der Waals surface area contributed by atoms with E-state index in [2.05, 4.69) is 10.0 Å². The number of piperidine rings is 1. The molecule has 0 spiro atoms. The van der Waals surface area contributed by atoms with E-state index in [9.17, 15) is 8.42 Å². The molecule has 7 nitrogen and oxygen atoms in total. The van der Waals surface area contributed by atoms with Crippen LogP contribution in [0.4, 0.5) is 0 Å². The lowest BCUT2D eigenvalue weighted by Gasteiger charge is -2.37. The molecule has 1 saturated heterocycles. The smallest absolute Gasteiger partial charge is 0.242 e. The average molecular weight is 427 g/mol. The molecule has 0 amide bonds. The van der Waals surface area contributed by atoms with Gasteiger partial charge >= 0.3 is 0 Å². The van der Waals surface area contributed by atoms with Gasteiger partial charge < -0.3 is 19.5 Å². The number of rotatable bonds is 6. The van der Waals surface area contributed by atoms with Crippen molar-refractivity contribution in [1.29, 1.82) is 0 Å². The van der Waals surface area contributed by atoms with Gasteiger partial charge in [-0.1, -0.05) is 11.6 Å². The van der Waals surface area contributed by atoms with Crippen LogP contribution in [0, 0.1) is 5.41 Å². The zero-order valence-corrected chi connectivity index (χ0v) is 16.9. The van der Waals surface area contributed by atoms with Crippen molar-refractivity contribution in [1.82, 2.24) is 10.0 Å². The number of benzene rings is 1. The molecular weight excluding hydrogens is 403 g/mol. The molecule has 2 aliphatic heterocycles. The van der Waals surface area contributed by atoms with Gasteiger partial charge in [-0.2, -0.15) is 0 Å². The molecule has 148 valence electrons. The number of halogens is 2. The second-order valence-corrected chi connectivity index (χ2v) is 8.58. The van der Waals surface area contributed by atoms with Gasteiger partial charge in [0.15, 0.2) is 11.5 Å². The van der Waals surface area contributed by atoms with E-state index in [1.54, 1.807) is 7.11 Å². The maximum Gasteiger partial charge on any atom is 0.242 e. The zero-order chi connectivity index (χ0) is 17.9. The van der Waals surface area contributed by atoms with E-state index < -0.39 is 10.0 Å². The first-order chi connectivity index (χ1) is 12.0. The summed E-state index contributed by atoms with van der Waals surface area (Å²) in [5.41, 5.74) is -0.215. The van der Waals surface area contributed by atoms with E-state index in [1.807, 2.05) is 0 Å². The van der Waals surface area contributed by atoms with E-state index in [0.717, 1.165) is 25.9 Å². The number of methoxy groups -OCH3 is 1. The SMILES string of the molecule is COCC1(CNS(=O)(=O)c2cc3c(cc2Cl)OCCO3)CCNCC1.Cl. The van der Waals surface area contributed by atoms with Crippen LogP contribution in [0.15, 0.2) is 17.0 Å². The second kappa shape index (κ2) is 8.95. The van der Waals surface area contributed by atoms with Crippen molar-refractivity contribution in [2.45, 2.75) is 17.7 Å². The van der Waals surface area contributed by atoms with Gasteiger partial charge in [0.1, 0.15) is 18.1 Å². The maximum absolute atomic E-state index is 12.8. The Balaban J connectivity index is 0.00000243. The molecule has 0 bridgehead atoms. The van der Waals surface area contributed by atoms with Crippen molar-refractivity contribution >= 4 is 34.0 Å². The molecule has 0 atom stereocenters. The van der Waals surface area contributed by atoms with Crippen molar-refractivity contribution in [3.05, 3.63) is 17.2 Å². The number of hydrogen-bond donors (Lipinski definition) is 2. The molecule has 26 heavy (non-hydrogen) atoms. The van der Waals surface area contributed by atoms with Crippen LogP contribution in [0.3, 0.4) is 0 Å². The Bertz CT molecular complexity index is 718. The van der Waals surface area contributed by atoms with Crippen molar-refractivity contribution in [3.8, 4) is 11.5 Å².